The van der Waals surface area contributed by atoms with Crippen molar-refractivity contribution in [2.75, 3.05) is 0 Å². The predicted octanol–water partition coefficient (Wildman–Crippen LogP) is 32.8. The molecule has 0 fully saturated rings. The smallest absolute Gasteiger partial charge is 0.0184 e. The Morgan fingerprint density at radius 3 is 0.213 bits per heavy atom. The van der Waals surface area contributed by atoms with Gasteiger partial charge in [0.1, 0.15) is 0 Å². The summed E-state index contributed by atoms with van der Waals surface area (Å²) in [5.74, 6) is 0. The van der Waals surface area contributed by atoms with E-state index in [1.165, 1.54) is 247 Å². The molecule has 0 atom stereocenters. The van der Waals surface area contributed by atoms with Crippen LogP contribution in [0.2, 0.25) is 0 Å². The van der Waals surface area contributed by atoms with Crippen molar-refractivity contribution in [1.82, 2.24) is 0 Å². The Bertz CT molecular complexity index is 4560. The van der Waals surface area contributed by atoms with E-state index in [1.807, 2.05) is 0 Å². The van der Waals surface area contributed by atoms with Crippen LogP contribution in [0.25, 0.3) is 129 Å². The van der Waals surface area contributed by atoms with Crippen molar-refractivity contribution < 1.29 is 0 Å². The quantitative estimate of drug-likeness (QED) is 0.146. The van der Waals surface area contributed by atoms with Gasteiger partial charge in [-0.15, -0.1) is 0 Å². The van der Waals surface area contributed by atoms with Crippen molar-refractivity contribution in [2.24, 2.45) is 0 Å². The lowest BCUT2D eigenvalue weighted by Gasteiger charge is -2.05. The van der Waals surface area contributed by atoms with Gasteiger partial charge in [0.15, 0.2) is 0 Å². The maximum atomic E-state index is 2.25. The highest BCUT2D eigenvalue weighted by Crippen LogP contribution is 2.30. The highest BCUT2D eigenvalue weighted by molar-refractivity contribution is 5.93. The second-order valence-corrected chi connectivity index (χ2v) is 29.8. The average molecular weight is 1410 g/mol. The van der Waals surface area contributed by atoms with E-state index < -0.39 is 0 Å². The molecule has 24 bridgehead atoms. The number of rotatable bonds is 6. The third-order valence-corrected chi connectivity index (χ3v) is 23.1. The van der Waals surface area contributed by atoms with Crippen LogP contribution in [0, 0.1) is 83.1 Å². The van der Waals surface area contributed by atoms with Gasteiger partial charge in [-0.2, -0.15) is 0 Å². The molecule has 544 valence electrons. The van der Waals surface area contributed by atoms with Gasteiger partial charge >= 0.3 is 0 Å². The molecule has 0 heteroatoms. The van der Waals surface area contributed by atoms with Crippen LogP contribution in [-0.4, -0.2) is 0 Å². The van der Waals surface area contributed by atoms with E-state index >= 15 is 0 Å². The van der Waals surface area contributed by atoms with Crippen LogP contribution in [0.5, 0.6) is 0 Å². The highest BCUT2D eigenvalue weighted by atomic mass is 14.1. The van der Waals surface area contributed by atoms with Crippen molar-refractivity contribution in [3.8, 4) is 0 Å². The van der Waals surface area contributed by atoms with Crippen LogP contribution in [0.3, 0.4) is 0 Å². The maximum absolute atomic E-state index is 2.25. The summed E-state index contributed by atoms with van der Waals surface area (Å²) in [6, 6.07) is 108. The maximum Gasteiger partial charge on any atom is -0.0184 e. The third kappa shape index (κ3) is 18.9. The Balaban J connectivity index is 0.000000187. The first kappa shape index (κ1) is 78.2. The van der Waals surface area contributed by atoms with Gasteiger partial charge in [0.25, 0.3) is 0 Å². The molecule has 32 rings (SSSR count). The molecule has 0 aliphatic rings. The fourth-order valence-electron chi connectivity index (χ4n) is 14.6. The van der Waals surface area contributed by atoms with Crippen molar-refractivity contribution >= 4 is 129 Å². The predicted molar refractivity (Wildman–Crippen MR) is 485 cm³/mol. The number of aryl methyl sites for hydroxylation is 12. The van der Waals surface area contributed by atoms with Crippen LogP contribution in [-0.2, 0) is 0 Å². The van der Waals surface area contributed by atoms with Gasteiger partial charge < -0.3 is 0 Å². The van der Waals surface area contributed by atoms with Gasteiger partial charge in [0.05, 0.1) is 0 Å². The second kappa shape index (κ2) is 37.1. The lowest BCUT2D eigenvalue weighted by atomic mass is 10.0. The number of benzene rings is 12. The minimum absolute atomic E-state index is 1.23. The normalized spacial score (nSPS) is 10.9. The third-order valence-electron chi connectivity index (χ3n) is 23.1. The number of unbranched alkanes of at least 4 members (excludes halogenated alkanes) is 6. The molecular formula is C108H112. The molecule has 0 aliphatic carbocycles. The molecule has 0 N–H and O–H groups in total. The van der Waals surface area contributed by atoms with E-state index in [2.05, 4.69) is 402 Å². The first-order valence-corrected chi connectivity index (χ1v) is 39.7. The molecule has 0 heterocycles. The van der Waals surface area contributed by atoms with E-state index in [1.54, 1.807) is 0 Å². The van der Waals surface area contributed by atoms with Crippen LogP contribution in [0.4, 0.5) is 0 Å². The zero-order valence-corrected chi connectivity index (χ0v) is 67.4. The molecule has 0 radical (unpaired) electrons. The van der Waals surface area contributed by atoms with E-state index in [0.29, 0.717) is 0 Å². The van der Waals surface area contributed by atoms with Crippen molar-refractivity contribution in [3.05, 3.63) is 358 Å². The van der Waals surface area contributed by atoms with Gasteiger partial charge in [0.2, 0.25) is 0 Å². The average Bonchev–Trinajstić information content (AvgIpc) is 0.855. The van der Waals surface area contributed by atoms with Crippen molar-refractivity contribution in [3.63, 3.8) is 0 Å². The zero-order valence-electron chi connectivity index (χ0n) is 67.4. The Morgan fingerprint density at radius 2 is 0.157 bits per heavy atom. The van der Waals surface area contributed by atoms with Crippen LogP contribution in [0.1, 0.15) is 146 Å². The first-order valence-electron chi connectivity index (χ1n) is 39.7. The van der Waals surface area contributed by atoms with Crippen LogP contribution in [0.15, 0.2) is 291 Å². The Kier molecular flexibility index (Phi) is 26.8. The van der Waals surface area contributed by atoms with Gasteiger partial charge in [0, 0.05) is 0 Å². The summed E-state index contributed by atoms with van der Waals surface area (Å²) in [5, 5.41) is 29.8. The molecular weight excluding hydrogens is 1300 g/mol. The summed E-state index contributed by atoms with van der Waals surface area (Å²) >= 11 is 0. The summed E-state index contributed by atoms with van der Waals surface area (Å²) in [6.07, 6.45) is 11.1. The second-order valence-electron chi connectivity index (χ2n) is 29.8. The molecule has 0 amide bonds. The SMILES string of the molecule is CCCCCC.CCCCCC.Cc1c(C)c2ccc(cc2)c2ccc(cc2)c(C)c(C)c2ccc(cc2)c2ccc(cc2)c(C)c(C)c2ccc(cc2)c2ccc1cc2.Cc1c(C)c2ccc(cc2)c2ccc(cc2)c(C)c(C)c2ccc(cc2)c2ccc(cc2)c(C)c(C)c2ccc(cc2)c2ccc1cc2. The summed E-state index contributed by atoms with van der Waals surface area (Å²) in [5.41, 5.74) is 15.6. The molecule has 0 spiro atoms. The van der Waals surface area contributed by atoms with E-state index in [0.717, 1.165) is 0 Å². The van der Waals surface area contributed by atoms with E-state index in [-0.39, 0.29) is 0 Å². The molecule has 32 aromatic carbocycles. The fourth-order valence-corrected chi connectivity index (χ4v) is 14.6. The largest absolute Gasteiger partial charge is 0.0654 e. The first-order chi connectivity index (χ1) is 52.4. The summed E-state index contributed by atoms with van der Waals surface area (Å²) in [7, 11) is 0. The molecule has 32 aromatic rings. The Hall–Kier alpha value is -10.9. The van der Waals surface area contributed by atoms with Crippen molar-refractivity contribution in [1.29, 1.82) is 0 Å². The van der Waals surface area contributed by atoms with Gasteiger partial charge in [-0.3, -0.25) is 0 Å². The van der Waals surface area contributed by atoms with E-state index in [4.69, 9.17) is 0 Å². The standard InChI is InChI=1S/2C48H42.2C6H14/c2*1-31-32(2)38-9-21-44(22-10-38)46-25-13-40(14-26-46)35(5)36(6)42-17-29-48(30-18-42)47-27-15-41(16-28-47)34(4)33(3)39-11-23-45(24-12-39)43-19-7-37(31)8-20-43;2*1-3-5-6-4-2/h2*7-30H,1-6H3;2*3-6H2,1-2H3. The van der Waals surface area contributed by atoms with Gasteiger partial charge in [-0.05, 0) is 279 Å². The number of hydrogen-bond acceptors (Lipinski definition) is 0. The van der Waals surface area contributed by atoms with Gasteiger partial charge in [-0.25, -0.2) is 0 Å². The van der Waals surface area contributed by atoms with Gasteiger partial charge in [-0.1, -0.05) is 370 Å². The lowest BCUT2D eigenvalue weighted by Crippen LogP contribution is -1.82. The highest BCUT2D eigenvalue weighted by Gasteiger charge is 2.06. The van der Waals surface area contributed by atoms with Crippen LogP contribution < -0.4 is 0 Å². The summed E-state index contributed by atoms with van der Waals surface area (Å²) in [6.45, 7) is 35.7. The fraction of sp³-hybridized carbons (Fsp3) is 0.222. The molecule has 0 unspecified atom stereocenters. The summed E-state index contributed by atoms with van der Waals surface area (Å²) < 4.78 is 0. The van der Waals surface area contributed by atoms with E-state index in [9.17, 15) is 0 Å². The monoisotopic (exact) mass is 1410 g/mol. The Morgan fingerprint density at radius 1 is 0.102 bits per heavy atom. The topological polar surface area (TPSA) is 0 Å². The Labute approximate surface area is 645 Å². The molecule has 0 aromatic heterocycles. The van der Waals surface area contributed by atoms with Crippen LogP contribution >= 0.6 is 0 Å². The zero-order chi connectivity index (χ0) is 76.4. The minimum atomic E-state index is 1.23. The molecule has 0 nitrogen and oxygen atoms in total. The molecule has 0 aliphatic heterocycles. The molecule has 108 heavy (non-hydrogen) atoms. The molecule has 0 saturated heterocycles. The molecule has 0 saturated carbocycles. The summed E-state index contributed by atoms with van der Waals surface area (Å²) in [4.78, 5) is 0. The minimum Gasteiger partial charge on any atom is -0.0654 e. The lowest BCUT2D eigenvalue weighted by molar-refractivity contribution is 0.702. The van der Waals surface area contributed by atoms with Crippen molar-refractivity contribution in [2.45, 2.75) is 162 Å². The number of hydrogen-bond donors (Lipinski definition) is 0.